The van der Waals surface area contributed by atoms with Crippen molar-refractivity contribution in [1.82, 2.24) is 4.98 Å². The van der Waals surface area contributed by atoms with Crippen LogP contribution in [0.3, 0.4) is 0 Å². The number of para-hydroxylation sites is 2. The molecule has 0 fully saturated rings. The molecular weight excluding hydrogens is 281 g/mol. The zero-order valence-corrected chi connectivity index (χ0v) is 13.7. The van der Waals surface area contributed by atoms with Crippen LogP contribution in [0.15, 0.2) is 54.7 Å². The Labute approximate surface area is 137 Å². The van der Waals surface area contributed by atoms with Crippen molar-refractivity contribution in [1.29, 1.82) is 0 Å². The van der Waals surface area contributed by atoms with Crippen molar-refractivity contribution in [2.24, 2.45) is 0 Å². The van der Waals surface area contributed by atoms with E-state index < -0.39 is 0 Å². The summed E-state index contributed by atoms with van der Waals surface area (Å²) in [5.74, 6) is 0.535. The van der Waals surface area contributed by atoms with Gasteiger partial charge < -0.3 is 10.0 Å². The van der Waals surface area contributed by atoms with Gasteiger partial charge >= 0.3 is 6.98 Å². The molecule has 1 aromatic heterocycles. The van der Waals surface area contributed by atoms with E-state index in [-0.39, 0.29) is 6.98 Å². The van der Waals surface area contributed by atoms with Crippen LogP contribution < -0.4 is 15.6 Å². The van der Waals surface area contributed by atoms with Crippen LogP contribution >= 0.6 is 0 Å². The molecule has 1 aliphatic rings. The van der Waals surface area contributed by atoms with Crippen molar-refractivity contribution in [3.05, 3.63) is 60.3 Å². The van der Waals surface area contributed by atoms with Gasteiger partial charge in [-0.2, -0.15) is 0 Å². The van der Waals surface area contributed by atoms with Gasteiger partial charge in [-0.1, -0.05) is 44.2 Å². The minimum atomic E-state index is 0.0704. The molecule has 114 valence electrons. The van der Waals surface area contributed by atoms with E-state index in [2.05, 4.69) is 79.5 Å². The molecule has 0 atom stereocenters. The van der Waals surface area contributed by atoms with Crippen molar-refractivity contribution in [3.8, 4) is 0 Å². The quantitative estimate of drug-likeness (QED) is 0.733. The molecule has 0 amide bonds. The molecule has 0 radical (unpaired) electrons. The summed E-state index contributed by atoms with van der Waals surface area (Å²) in [4.78, 5) is 6.95. The standard InChI is InChI=1S/C19H20BN3/c1-13(2)14-8-9-16-15(12-14)10-11-21-19(16)20-22-17-6-4-5-7-18(17)23(20)3/h4-13,22H,1-3H3. The van der Waals surface area contributed by atoms with Crippen LogP contribution in [0.5, 0.6) is 0 Å². The maximum Gasteiger partial charge on any atom is 0.428 e. The Balaban J connectivity index is 1.81. The van der Waals surface area contributed by atoms with Crippen LogP contribution in [-0.2, 0) is 0 Å². The largest absolute Gasteiger partial charge is 0.428 e. The summed E-state index contributed by atoms with van der Waals surface area (Å²) in [7, 11) is 2.12. The Kier molecular flexibility index (Phi) is 3.26. The first-order valence-corrected chi connectivity index (χ1v) is 8.12. The molecule has 0 saturated heterocycles. The summed E-state index contributed by atoms with van der Waals surface area (Å²) in [6, 6.07) is 17.2. The number of nitrogens with zero attached hydrogens (tertiary/aromatic N) is 2. The van der Waals surface area contributed by atoms with Crippen LogP contribution in [0.4, 0.5) is 11.4 Å². The topological polar surface area (TPSA) is 28.2 Å². The first kappa shape index (κ1) is 14.1. The predicted molar refractivity (Wildman–Crippen MR) is 99.7 cm³/mol. The lowest BCUT2D eigenvalue weighted by Crippen LogP contribution is -2.50. The molecule has 3 aromatic rings. The molecular formula is C19H20BN3. The highest BCUT2D eigenvalue weighted by Gasteiger charge is 2.34. The first-order valence-electron chi connectivity index (χ1n) is 8.12. The molecule has 0 bridgehead atoms. The number of fused-ring (bicyclic) bond motifs is 2. The van der Waals surface area contributed by atoms with Gasteiger partial charge in [0.05, 0.1) is 5.59 Å². The molecule has 0 spiro atoms. The number of benzene rings is 2. The summed E-state index contributed by atoms with van der Waals surface area (Å²) < 4.78 is 0. The summed E-state index contributed by atoms with van der Waals surface area (Å²) in [5, 5.41) is 6.07. The van der Waals surface area contributed by atoms with Gasteiger partial charge in [-0.15, -0.1) is 0 Å². The van der Waals surface area contributed by atoms with E-state index in [1.807, 2.05) is 6.20 Å². The van der Waals surface area contributed by atoms with Crippen LogP contribution in [0, 0.1) is 0 Å². The van der Waals surface area contributed by atoms with Crippen molar-refractivity contribution in [2.45, 2.75) is 19.8 Å². The van der Waals surface area contributed by atoms with E-state index >= 15 is 0 Å². The molecule has 2 heterocycles. The van der Waals surface area contributed by atoms with Gasteiger partial charge in [0, 0.05) is 17.6 Å². The Morgan fingerprint density at radius 2 is 1.91 bits per heavy atom. The van der Waals surface area contributed by atoms with Gasteiger partial charge in [0.2, 0.25) is 0 Å². The van der Waals surface area contributed by atoms with E-state index in [0.717, 1.165) is 11.3 Å². The van der Waals surface area contributed by atoms with Crippen molar-refractivity contribution in [3.63, 3.8) is 0 Å². The van der Waals surface area contributed by atoms with E-state index in [9.17, 15) is 0 Å². The molecule has 3 nitrogen and oxygen atoms in total. The fourth-order valence-electron chi connectivity index (χ4n) is 3.34. The fraction of sp³-hybridized carbons (Fsp3) is 0.211. The second kappa shape index (κ2) is 5.30. The number of rotatable bonds is 2. The fourth-order valence-corrected chi connectivity index (χ4v) is 3.34. The maximum absolute atomic E-state index is 4.69. The monoisotopic (exact) mass is 301 g/mol. The minimum Gasteiger partial charge on any atom is -0.403 e. The average Bonchev–Trinajstić information content (AvgIpc) is 2.91. The van der Waals surface area contributed by atoms with Crippen molar-refractivity contribution >= 4 is 34.7 Å². The maximum atomic E-state index is 4.69. The summed E-state index contributed by atoms with van der Waals surface area (Å²) in [5.41, 5.74) is 4.83. The van der Waals surface area contributed by atoms with Gasteiger partial charge in [0.15, 0.2) is 0 Å². The highest BCUT2D eigenvalue weighted by atomic mass is 15.2. The van der Waals surface area contributed by atoms with Gasteiger partial charge in [-0.25, -0.2) is 0 Å². The van der Waals surface area contributed by atoms with Crippen LogP contribution in [0.25, 0.3) is 10.8 Å². The Hall–Kier alpha value is -2.49. The number of aromatic nitrogens is 1. The van der Waals surface area contributed by atoms with Crippen LogP contribution in [0.2, 0.25) is 0 Å². The minimum absolute atomic E-state index is 0.0704. The van der Waals surface area contributed by atoms with Crippen molar-refractivity contribution < 1.29 is 0 Å². The van der Waals surface area contributed by atoms with E-state index in [0.29, 0.717) is 5.92 Å². The molecule has 4 rings (SSSR count). The predicted octanol–water partition coefficient (Wildman–Crippen LogP) is 3.62. The molecule has 0 aliphatic carbocycles. The zero-order chi connectivity index (χ0) is 16.0. The molecule has 0 unspecified atom stereocenters. The number of hydrogen-bond acceptors (Lipinski definition) is 3. The SMILES string of the molecule is CC(C)c1ccc2c(B3Nc4ccccc4N3C)nccc2c1. The third-order valence-electron chi connectivity index (χ3n) is 4.71. The second-order valence-corrected chi connectivity index (χ2v) is 6.51. The Morgan fingerprint density at radius 3 is 2.70 bits per heavy atom. The Morgan fingerprint density at radius 1 is 1.09 bits per heavy atom. The molecule has 2 aromatic carbocycles. The number of hydrogen-bond donors (Lipinski definition) is 1. The highest BCUT2D eigenvalue weighted by molar-refractivity contribution is 6.82. The third-order valence-corrected chi connectivity index (χ3v) is 4.71. The van der Waals surface area contributed by atoms with E-state index in [4.69, 9.17) is 4.98 Å². The lowest BCUT2D eigenvalue weighted by atomic mass is 9.69. The molecule has 23 heavy (non-hydrogen) atoms. The summed E-state index contributed by atoms with van der Waals surface area (Å²) in [6.07, 6.45) is 1.92. The lowest BCUT2D eigenvalue weighted by molar-refractivity contribution is 0.869. The third kappa shape index (κ3) is 2.26. The molecule has 4 heteroatoms. The number of pyridine rings is 1. The first-order chi connectivity index (χ1) is 11.1. The van der Waals surface area contributed by atoms with Gasteiger partial charge in [0.1, 0.15) is 0 Å². The number of nitrogens with one attached hydrogen (secondary N) is 1. The number of anilines is 2. The summed E-state index contributed by atoms with van der Waals surface area (Å²) in [6.45, 7) is 4.53. The van der Waals surface area contributed by atoms with Gasteiger partial charge in [-0.05, 0) is 47.5 Å². The molecule has 0 saturated carbocycles. The second-order valence-electron chi connectivity index (χ2n) is 6.51. The Bertz CT molecular complexity index is 875. The van der Waals surface area contributed by atoms with Crippen molar-refractivity contribution in [2.75, 3.05) is 17.1 Å². The summed E-state index contributed by atoms with van der Waals surface area (Å²) >= 11 is 0. The van der Waals surface area contributed by atoms with E-state index in [1.165, 1.54) is 22.0 Å². The zero-order valence-electron chi connectivity index (χ0n) is 13.7. The average molecular weight is 301 g/mol. The van der Waals surface area contributed by atoms with Gasteiger partial charge in [-0.3, -0.25) is 4.98 Å². The normalized spacial score (nSPS) is 13.6. The van der Waals surface area contributed by atoms with Gasteiger partial charge in [0.25, 0.3) is 0 Å². The van der Waals surface area contributed by atoms with E-state index in [1.54, 1.807) is 0 Å². The smallest absolute Gasteiger partial charge is 0.403 e. The highest BCUT2D eigenvalue weighted by Crippen LogP contribution is 2.31. The molecule has 1 N–H and O–H groups in total. The van der Waals surface area contributed by atoms with Crippen LogP contribution in [-0.4, -0.2) is 19.0 Å². The van der Waals surface area contributed by atoms with Crippen LogP contribution in [0.1, 0.15) is 25.3 Å². The molecule has 1 aliphatic heterocycles. The lowest BCUT2D eigenvalue weighted by Gasteiger charge is -2.19.